The summed E-state index contributed by atoms with van der Waals surface area (Å²) in [5.41, 5.74) is 15.8. The van der Waals surface area contributed by atoms with Crippen LogP contribution in [-0.2, 0) is 25.3 Å². The molecule has 1 aromatic heterocycles. The molecule has 3 aromatic rings. The van der Waals surface area contributed by atoms with Crippen LogP contribution < -0.4 is 21.7 Å². The van der Waals surface area contributed by atoms with E-state index in [1.807, 2.05) is 17.1 Å². The zero-order valence-electron chi connectivity index (χ0n) is 21.0. The lowest BCUT2D eigenvalue weighted by atomic mass is 9.99. The van der Waals surface area contributed by atoms with Crippen molar-refractivity contribution in [3.8, 4) is 0 Å². The van der Waals surface area contributed by atoms with Crippen LogP contribution in [0.3, 0.4) is 0 Å². The molecule has 35 heavy (non-hydrogen) atoms. The molecular formula is C28H35N7. The molecule has 0 bridgehead atoms. The minimum atomic E-state index is -1.08. The molecule has 7 heteroatoms. The standard InChI is InChI=1S/C28H35N7/c1-18(2)16-35-17-23(14-32-35)26-15-31-28(29,24-10-19(3)9-20(4)11-24)34-27(26)33-25-6-5-21-7-8-30-13-22(21)12-25/h5-6,9-12,14-15,17-18,30,33-34H,7-8,13,16,29H2,1-4H3. The van der Waals surface area contributed by atoms with E-state index >= 15 is 0 Å². The molecule has 3 heterocycles. The fraction of sp³-hybridized carbons (Fsp3) is 0.357. The number of hydrogen-bond acceptors (Lipinski definition) is 6. The zero-order valence-corrected chi connectivity index (χ0v) is 21.0. The summed E-state index contributed by atoms with van der Waals surface area (Å²) in [7, 11) is 0. The van der Waals surface area contributed by atoms with E-state index in [4.69, 9.17) is 10.7 Å². The molecule has 0 spiro atoms. The number of nitrogens with zero attached hydrogens (tertiary/aromatic N) is 3. The quantitative estimate of drug-likeness (QED) is 0.438. The summed E-state index contributed by atoms with van der Waals surface area (Å²) in [6.45, 7) is 11.3. The van der Waals surface area contributed by atoms with Gasteiger partial charge in [0.15, 0.2) is 0 Å². The van der Waals surface area contributed by atoms with Gasteiger partial charge in [-0.2, -0.15) is 5.10 Å². The Hall–Kier alpha value is -3.42. The number of aryl methyl sites for hydroxylation is 2. The normalized spacial score (nSPS) is 19.6. The SMILES string of the molecule is Cc1cc(C)cc(C2(N)N=CC(c3cnn(CC(C)C)c3)=C(Nc3ccc4c(c3)CNCC4)N2)c1. The van der Waals surface area contributed by atoms with Gasteiger partial charge < -0.3 is 16.0 Å². The number of nitrogens with one attached hydrogen (secondary N) is 3. The minimum Gasteiger partial charge on any atom is -0.341 e. The molecule has 1 unspecified atom stereocenters. The first kappa shape index (κ1) is 23.3. The van der Waals surface area contributed by atoms with Gasteiger partial charge in [-0.1, -0.05) is 49.2 Å². The number of rotatable bonds is 6. The summed E-state index contributed by atoms with van der Waals surface area (Å²) in [4.78, 5) is 4.80. The monoisotopic (exact) mass is 469 g/mol. The van der Waals surface area contributed by atoms with E-state index in [2.05, 4.69) is 91.3 Å². The second kappa shape index (κ2) is 9.32. The molecule has 0 amide bonds. The fourth-order valence-corrected chi connectivity index (χ4v) is 4.86. The second-order valence-electron chi connectivity index (χ2n) is 10.2. The zero-order chi connectivity index (χ0) is 24.6. The van der Waals surface area contributed by atoms with E-state index < -0.39 is 5.79 Å². The molecule has 0 saturated carbocycles. The van der Waals surface area contributed by atoms with Crippen LogP contribution in [0, 0.1) is 19.8 Å². The van der Waals surface area contributed by atoms with Gasteiger partial charge in [-0.3, -0.25) is 10.4 Å². The number of anilines is 1. The topological polar surface area (TPSA) is 92.3 Å². The molecule has 0 radical (unpaired) electrons. The molecule has 2 aliphatic heterocycles. The Bertz CT molecular complexity index is 1280. The minimum absolute atomic E-state index is 0.512. The summed E-state index contributed by atoms with van der Waals surface area (Å²) in [5, 5.41) is 15.2. The van der Waals surface area contributed by atoms with Gasteiger partial charge in [0, 0.05) is 47.9 Å². The highest BCUT2D eigenvalue weighted by atomic mass is 15.3. The van der Waals surface area contributed by atoms with Crippen molar-refractivity contribution in [2.75, 3.05) is 11.9 Å². The van der Waals surface area contributed by atoms with Gasteiger partial charge >= 0.3 is 0 Å². The summed E-state index contributed by atoms with van der Waals surface area (Å²) in [6.07, 6.45) is 6.89. The van der Waals surface area contributed by atoms with Crippen LogP contribution in [-0.4, -0.2) is 22.5 Å². The number of allylic oxidation sites excluding steroid dienone is 1. The largest absolute Gasteiger partial charge is 0.341 e. The first-order valence-corrected chi connectivity index (χ1v) is 12.4. The van der Waals surface area contributed by atoms with Crippen molar-refractivity contribution in [2.24, 2.45) is 16.6 Å². The van der Waals surface area contributed by atoms with Gasteiger partial charge in [-0.25, -0.2) is 4.99 Å². The van der Waals surface area contributed by atoms with Crippen LogP contribution in [0.2, 0.25) is 0 Å². The lowest BCUT2D eigenvalue weighted by molar-refractivity contribution is 0.400. The third kappa shape index (κ3) is 5.01. The van der Waals surface area contributed by atoms with Crippen molar-refractivity contribution in [2.45, 2.75) is 53.0 Å². The molecule has 0 aliphatic carbocycles. The van der Waals surface area contributed by atoms with Gasteiger partial charge in [0.25, 0.3) is 0 Å². The molecule has 2 aliphatic rings. The van der Waals surface area contributed by atoms with Crippen LogP contribution in [0.25, 0.3) is 5.57 Å². The first-order chi connectivity index (χ1) is 16.8. The number of aromatic nitrogens is 2. The fourth-order valence-electron chi connectivity index (χ4n) is 4.86. The highest BCUT2D eigenvalue weighted by Gasteiger charge is 2.32. The number of nitrogens with two attached hydrogens (primary N) is 1. The highest BCUT2D eigenvalue weighted by molar-refractivity contribution is 6.12. The maximum atomic E-state index is 6.87. The maximum Gasteiger partial charge on any atom is 0.210 e. The number of aliphatic imine (C=N–C) groups is 1. The lowest BCUT2D eigenvalue weighted by Gasteiger charge is -2.34. The van der Waals surface area contributed by atoms with Crippen LogP contribution in [0.5, 0.6) is 0 Å². The van der Waals surface area contributed by atoms with Crippen LogP contribution in [0.4, 0.5) is 5.69 Å². The molecule has 182 valence electrons. The molecule has 0 fully saturated rings. The molecule has 2 aromatic carbocycles. The summed E-state index contributed by atoms with van der Waals surface area (Å²) in [5.74, 6) is 0.249. The van der Waals surface area contributed by atoms with E-state index in [0.29, 0.717) is 5.92 Å². The van der Waals surface area contributed by atoms with E-state index in [0.717, 1.165) is 65.4 Å². The van der Waals surface area contributed by atoms with Gasteiger partial charge in [-0.15, -0.1) is 0 Å². The van der Waals surface area contributed by atoms with Crippen molar-refractivity contribution in [3.05, 3.63) is 88.0 Å². The smallest absolute Gasteiger partial charge is 0.210 e. The van der Waals surface area contributed by atoms with E-state index in [9.17, 15) is 0 Å². The predicted molar refractivity (Wildman–Crippen MR) is 143 cm³/mol. The number of benzene rings is 2. The number of fused-ring (bicyclic) bond motifs is 1. The molecule has 5 N–H and O–H groups in total. The maximum absolute atomic E-state index is 6.87. The summed E-state index contributed by atoms with van der Waals surface area (Å²) < 4.78 is 1.98. The Labute approximate surface area is 207 Å². The number of hydrogen-bond donors (Lipinski definition) is 4. The van der Waals surface area contributed by atoms with Crippen molar-refractivity contribution < 1.29 is 0 Å². The van der Waals surface area contributed by atoms with Crippen molar-refractivity contribution in [1.29, 1.82) is 0 Å². The average Bonchev–Trinajstić information content (AvgIpc) is 3.26. The Balaban J connectivity index is 1.53. The molecule has 7 nitrogen and oxygen atoms in total. The van der Waals surface area contributed by atoms with Crippen LogP contribution >= 0.6 is 0 Å². The molecule has 1 atom stereocenters. The van der Waals surface area contributed by atoms with Crippen LogP contribution in [0.15, 0.2) is 59.6 Å². The predicted octanol–water partition coefficient (Wildman–Crippen LogP) is 4.03. The summed E-state index contributed by atoms with van der Waals surface area (Å²) in [6, 6.07) is 12.9. The Morgan fingerprint density at radius 1 is 1.11 bits per heavy atom. The van der Waals surface area contributed by atoms with Crippen molar-refractivity contribution in [3.63, 3.8) is 0 Å². The molecular weight excluding hydrogens is 434 g/mol. The first-order valence-electron chi connectivity index (χ1n) is 12.4. The highest BCUT2D eigenvalue weighted by Crippen LogP contribution is 2.30. The van der Waals surface area contributed by atoms with E-state index in [1.54, 1.807) is 0 Å². The van der Waals surface area contributed by atoms with E-state index in [1.165, 1.54) is 11.1 Å². The third-order valence-electron chi connectivity index (χ3n) is 6.50. The van der Waals surface area contributed by atoms with E-state index in [-0.39, 0.29) is 0 Å². The van der Waals surface area contributed by atoms with Gasteiger partial charge in [0.1, 0.15) is 5.82 Å². The Morgan fingerprint density at radius 2 is 1.91 bits per heavy atom. The average molecular weight is 470 g/mol. The summed E-state index contributed by atoms with van der Waals surface area (Å²) >= 11 is 0. The molecule has 0 saturated heterocycles. The van der Waals surface area contributed by atoms with Gasteiger partial charge in [0.05, 0.1) is 6.20 Å². The van der Waals surface area contributed by atoms with Gasteiger partial charge in [0.2, 0.25) is 5.79 Å². The Morgan fingerprint density at radius 3 is 2.69 bits per heavy atom. The molecule has 5 rings (SSSR count). The Kier molecular flexibility index (Phi) is 6.21. The third-order valence-corrected chi connectivity index (χ3v) is 6.50. The van der Waals surface area contributed by atoms with Crippen molar-refractivity contribution >= 4 is 17.5 Å². The van der Waals surface area contributed by atoms with Gasteiger partial charge in [-0.05, 0) is 56.0 Å². The van der Waals surface area contributed by atoms with Crippen LogP contribution in [0.1, 0.15) is 47.2 Å². The second-order valence-corrected chi connectivity index (χ2v) is 10.2. The lowest BCUT2D eigenvalue weighted by Crippen LogP contribution is -2.51. The van der Waals surface area contributed by atoms with Crippen molar-refractivity contribution in [1.82, 2.24) is 20.4 Å².